The molecule has 22 heavy (non-hydrogen) atoms. The first-order valence-corrected chi connectivity index (χ1v) is 7.43. The number of hydrogen-bond donors (Lipinski definition) is 1. The Morgan fingerprint density at radius 2 is 2.05 bits per heavy atom. The molecule has 1 N–H and O–H groups in total. The molecule has 2 aliphatic rings. The largest absolute Gasteiger partial charge is 0.417 e. The van der Waals surface area contributed by atoms with E-state index in [9.17, 15) is 18.3 Å². The highest BCUT2D eigenvalue weighted by Crippen LogP contribution is 2.45. The third kappa shape index (κ3) is 2.27. The van der Waals surface area contributed by atoms with Crippen molar-refractivity contribution >= 4 is 5.82 Å². The summed E-state index contributed by atoms with van der Waals surface area (Å²) in [5.41, 5.74) is -1.87. The molecule has 0 bridgehead atoms. The summed E-state index contributed by atoms with van der Waals surface area (Å²) >= 11 is 0. The molecule has 0 aliphatic carbocycles. The van der Waals surface area contributed by atoms with Crippen molar-refractivity contribution in [2.24, 2.45) is 0 Å². The maximum absolute atomic E-state index is 12.9. The summed E-state index contributed by atoms with van der Waals surface area (Å²) in [7, 11) is 0. The number of nitrogens with zero attached hydrogens (tertiary/aromatic N) is 3. The van der Waals surface area contributed by atoms with Gasteiger partial charge in [0.1, 0.15) is 11.4 Å². The lowest BCUT2D eigenvalue weighted by molar-refractivity contribution is -0.138. The number of aliphatic hydroxyl groups is 1. The quantitative estimate of drug-likeness (QED) is 0.863. The summed E-state index contributed by atoms with van der Waals surface area (Å²) in [6, 6.07) is 1.11. The Morgan fingerprint density at radius 1 is 1.36 bits per heavy atom. The first-order valence-electron chi connectivity index (χ1n) is 7.43. The number of aromatic nitrogens is 1. The minimum Gasteiger partial charge on any atom is -0.383 e. The van der Waals surface area contributed by atoms with Crippen LogP contribution in [-0.4, -0.2) is 46.7 Å². The Labute approximate surface area is 127 Å². The molecule has 0 amide bonds. The smallest absolute Gasteiger partial charge is 0.383 e. The molecule has 0 unspecified atom stereocenters. The zero-order valence-electron chi connectivity index (χ0n) is 12.9. The monoisotopic (exact) mass is 315 g/mol. The summed E-state index contributed by atoms with van der Waals surface area (Å²) in [4.78, 5) is 8.17. The van der Waals surface area contributed by atoms with Gasteiger partial charge in [-0.25, -0.2) is 4.98 Å². The molecule has 1 fully saturated rings. The van der Waals surface area contributed by atoms with Gasteiger partial charge in [0, 0.05) is 37.4 Å². The second-order valence-corrected chi connectivity index (χ2v) is 6.54. The van der Waals surface area contributed by atoms with Gasteiger partial charge in [-0.1, -0.05) is 0 Å². The topological polar surface area (TPSA) is 39.6 Å². The number of pyridine rings is 1. The van der Waals surface area contributed by atoms with Gasteiger partial charge in [-0.3, -0.25) is 4.90 Å². The van der Waals surface area contributed by atoms with Gasteiger partial charge in [0.05, 0.1) is 11.6 Å². The molecule has 2 aliphatic heterocycles. The van der Waals surface area contributed by atoms with Crippen molar-refractivity contribution in [2.75, 3.05) is 24.5 Å². The van der Waals surface area contributed by atoms with Crippen LogP contribution >= 0.6 is 0 Å². The van der Waals surface area contributed by atoms with Gasteiger partial charge in [0.15, 0.2) is 0 Å². The van der Waals surface area contributed by atoms with Crippen molar-refractivity contribution in [3.05, 3.63) is 23.4 Å². The molecule has 122 valence electrons. The lowest BCUT2D eigenvalue weighted by atomic mass is 9.90. The summed E-state index contributed by atoms with van der Waals surface area (Å²) < 4.78 is 38.7. The molecule has 3 rings (SSSR count). The van der Waals surface area contributed by atoms with Crippen LogP contribution in [0.2, 0.25) is 0 Å². The zero-order chi connectivity index (χ0) is 16.3. The van der Waals surface area contributed by atoms with E-state index in [-0.39, 0.29) is 11.6 Å². The van der Waals surface area contributed by atoms with Crippen molar-refractivity contribution < 1.29 is 18.3 Å². The standard InChI is InChI=1S/C15H20F3N3O/c1-9(2)20-4-5-21-12(8-20)14(3,22)11-6-10(15(16,17)18)7-19-13(11)21/h6-7,9,12,22H,4-5,8H2,1-3H3/t12-,14+/m0/s1. The van der Waals surface area contributed by atoms with Crippen molar-refractivity contribution in [3.8, 4) is 0 Å². The van der Waals surface area contributed by atoms with Crippen LogP contribution in [0.25, 0.3) is 0 Å². The number of halogens is 3. The fraction of sp³-hybridized carbons (Fsp3) is 0.667. The van der Waals surface area contributed by atoms with Crippen molar-refractivity contribution in [2.45, 2.75) is 44.6 Å². The number of anilines is 1. The van der Waals surface area contributed by atoms with E-state index >= 15 is 0 Å². The highest BCUT2D eigenvalue weighted by atomic mass is 19.4. The summed E-state index contributed by atoms with van der Waals surface area (Å²) in [6.45, 7) is 7.82. The van der Waals surface area contributed by atoms with Crippen molar-refractivity contribution in [1.29, 1.82) is 0 Å². The van der Waals surface area contributed by atoms with Crippen LogP contribution in [0.4, 0.5) is 19.0 Å². The van der Waals surface area contributed by atoms with Crippen LogP contribution in [0.3, 0.4) is 0 Å². The number of alkyl halides is 3. The van der Waals surface area contributed by atoms with Gasteiger partial charge in [-0.05, 0) is 26.8 Å². The molecule has 1 aromatic heterocycles. The number of fused-ring (bicyclic) bond motifs is 3. The Morgan fingerprint density at radius 3 is 2.64 bits per heavy atom. The first-order chi connectivity index (χ1) is 10.1. The molecule has 1 aromatic rings. The fourth-order valence-corrected chi connectivity index (χ4v) is 3.40. The number of rotatable bonds is 1. The maximum atomic E-state index is 12.9. The average Bonchev–Trinajstić information content (AvgIpc) is 2.66. The number of hydrogen-bond acceptors (Lipinski definition) is 4. The molecule has 0 aromatic carbocycles. The molecule has 4 nitrogen and oxygen atoms in total. The Bertz CT molecular complexity index is 586. The van der Waals surface area contributed by atoms with Crippen LogP contribution in [-0.2, 0) is 11.8 Å². The highest BCUT2D eigenvalue weighted by molar-refractivity contribution is 5.59. The van der Waals surface area contributed by atoms with E-state index in [0.717, 1.165) is 18.8 Å². The third-order valence-electron chi connectivity index (χ3n) is 4.80. The summed E-state index contributed by atoms with van der Waals surface area (Å²) in [5, 5.41) is 10.9. The van der Waals surface area contributed by atoms with Crippen LogP contribution in [0, 0.1) is 0 Å². The molecule has 7 heteroatoms. The zero-order valence-corrected chi connectivity index (χ0v) is 12.9. The molecule has 0 saturated carbocycles. The lowest BCUT2D eigenvalue weighted by Crippen LogP contribution is -2.58. The van der Waals surface area contributed by atoms with Crippen LogP contribution in [0.1, 0.15) is 31.9 Å². The molecule has 2 atom stereocenters. The Hall–Kier alpha value is -1.34. The van der Waals surface area contributed by atoms with Crippen LogP contribution < -0.4 is 4.90 Å². The van der Waals surface area contributed by atoms with Crippen molar-refractivity contribution in [3.63, 3.8) is 0 Å². The second-order valence-electron chi connectivity index (χ2n) is 6.54. The van der Waals surface area contributed by atoms with Crippen LogP contribution in [0.15, 0.2) is 12.3 Å². The van der Waals surface area contributed by atoms with Gasteiger partial charge < -0.3 is 10.0 Å². The van der Waals surface area contributed by atoms with E-state index in [1.165, 1.54) is 0 Å². The van der Waals surface area contributed by atoms with E-state index in [2.05, 4.69) is 23.7 Å². The SMILES string of the molecule is CC(C)N1CCN2c3ncc(C(F)(F)F)cc3[C@@](C)(O)[C@@H]2C1. The third-order valence-corrected chi connectivity index (χ3v) is 4.80. The van der Waals surface area contributed by atoms with Gasteiger partial charge in [-0.2, -0.15) is 13.2 Å². The Kier molecular flexibility index (Phi) is 3.41. The molecule has 0 radical (unpaired) electrons. The van der Waals surface area contributed by atoms with E-state index in [1.807, 2.05) is 4.90 Å². The van der Waals surface area contributed by atoms with Gasteiger partial charge >= 0.3 is 6.18 Å². The average molecular weight is 315 g/mol. The fourth-order valence-electron chi connectivity index (χ4n) is 3.40. The predicted octanol–water partition coefficient (Wildman–Crippen LogP) is 2.22. The van der Waals surface area contributed by atoms with Gasteiger partial charge in [0.25, 0.3) is 0 Å². The van der Waals surface area contributed by atoms with E-state index in [4.69, 9.17) is 0 Å². The number of piperazine rings is 1. The van der Waals surface area contributed by atoms with Gasteiger partial charge in [0.2, 0.25) is 0 Å². The van der Waals surface area contributed by atoms with Crippen molar-refractivity contribution in [1.82, 2.24) is 9.88 Å². The van der Waals surface area contributed by atoms with E-state index in [1.54, 1.807) is 6.92 Å². The van der Waals surface area contributed by atoms with E-state index < -0.39 is 17.3 Å². The van der Waals surface area contributed by atoms with E-state index in [0.29, 0.717) is 24.9 Å². The summed E-state index contributed by atoms with van der Waals surface area (Å²) in [5.74, 6) is 0.478. The first kappa shape index (κ1) is 15.6. The molecule has 3 heterocycles. The second kappa shape index (κ2) is 4.83. The minimum absolute atomic E-state index is 0.269. The lowest BCUT2D eigenvalue weighted by Gasteiger charge is -2.43. The molecular weight excluding hydrogens is 295 g/mol. The minimum atomic E-state index is -4.45. The summed E-state index contributed by atoms with van der Waals surface area (Å²) in [6.07, 6.45) is -3.60. The van der Waals surface area contributed by atoms with Crippen LogP contribution in [0.5, 0.6) is 0 Å². The molecule has 0 spiro atoms. The molecule has 1 saturated heterocycles. The predicted molar refractivity (Wildman–Crippen MR) is 76.7 cm³/mol. The van der Waals surface area contributed by atoms with Gasteiger partial charge in [-0.15, -0.1) is 0 Å². The Balaban J connectivity index is 2.01. The highest BCUT2D eigenvalue weighted by Gasteiger charge is 2.51. The maximum Gasteiger partial charge on any atom is 0.417 e. The molecular formula is C15H20F3N3O. The normalized spacial score (nSPS) is 28.9.